The van der Waals surface area contributed by atoms with E-state index in [1.165, 1.54) is 25.0 Å². The Kier molecular flexibility index (Phi) is 3.71. The van der Waals surface area contributed by atoms with Crippen LogP contribution in [0.1, 0.15) is 74.0 Å². The molecule has 2 N–H and O–H groups in total. The lowest BCUT2D eigenvalue weighted by Crippen LogP contribution is -2.33. The van der Waals surface area contributed by atoms with E-state index in [0.717, 1.165) is 31.5 Å². The van der Waals surface area contributed by atoms with E-state index in [2.05, 4.69) is 23.6 Å². The van der Waals surface area contributed by atoms with Gasteiger partial charge in [-0.15, -0.1) is 0 Å². The molecule has 4 rings (SSSR count). The molecule has 5 nitrogen and oxygen atoms in total. The van der Waals surface area contributed by atoms with Gasteiger partial charge in [-0.25, -0.2) is 0 Å². The number of hydrogen-bond acceptors (Lipinski definition) is 3. The van der Waals surface area contributed by atoms with Crippen LogP contribution in [-0.4, -0.2) is 39.7 Å². The highest BCUT2D eigenvalue weighted by Gasteiger charge is 2.44. The fraction of sp³-hybridized carbons (Fsp3) is 0.778. The second-order valence-corrected chi connectivity index (χ2v) is 7.79. The van der Waals surface area contributed by atoms with Crippen LogP contribution in [-0.2, 0) is 0 Å². The maximum Gasteiger partial charge on any atom is 0.257 e. The zero-order chi connectivity index (χ0) is 16.1. The number of nitrogens with zero attached hydrogens (tertiary/aromatic N) is 3. The van der Waals surface area contributed by atoms with Crippen molar-refractivity contribution in [2.75, 3.05) is 13.1 Å². The number of amides is 1. The van der Waals surface area contributed by atoms with Crippen LogP contribution in [0.3, 0.4) is 0 Å². The third kappa shape index (κ3) is 2.49. The van der Waals surface area contributed by atoms with Gasteiger partial charge in [0.15, 0.2) is 0 Å². The minimum absolute atomic E-state index is 0.183. The zero-order valence-electron chi connectivity index (χ0n) is 14.2. The minimum atomic E-state index is 0.183. The van der Waals surface area contributed by atoms with E-state index in [1.54, 1.807) is 0 Å². The Morgan fingerprint density at radius 3 is 2.78 bits per heavy atom. The summed E-state index contributed by atoms with van der Waals surface area (Å²) in [6.07, 6.45) is 7.54. The quantitative estimate of drug-likeness (QED) is 0.928. The van der Waals surface area contributed by atoms with E-state index in [1.807, 2.05) is 11.1 Å². The number of fused-ring (bicyclic) bond motifs is 1. The summed E-state index contributed by atoms with van der Waals surface area (Å²) >= 11 is 0. The molecule has 5 heteroatoms. The Morgan fingerprint density at radius 1 is 1.35 bits per heavy atom. The van der Waals surface area contributed by atoms with Crippen molar-refractivity contribution in [1.29, 1.82) is 0 Å². The molecular weight excluding hydrogens is 288 g/mol. The van der Waals surface area contributed by atoms with Crippen molar-refractivity contribution >= 4 is 5.91 Å². The van der Waals surface area contributed by atoms with Crippen LogP contribution >= 0.6 is 0 Å². The highest BCUT2D eigenvalue weighted by atomic mass is 16.2. The van der Waals surface area contributed by atoms with Crippen LogP contribution in [0, 0.1) is 11.8 Å². The molecule has 1 aromatic heterocycles. The van der Waals surface area contributed by atoms with Crippen molar-refractivity contribution in [2.45, 2.75) is 64.0 Å². The first-order valence-electron chi connectivity index (χ1n) is 9.22. The molecule has 23 heavy (non-hydrogen) atoms. The molecule has 4 atom stereocenters. The van der Waals surface area contributed by atoms with Gasteiger partial charge in [0, 0.05) is 31.1 Å². The Morgan fingerprint density at radius 2 is 2.13 bits per heavy atom. The molecule has 2 heterocycles. The summed E-state index contributed by atoms with van der Waals surface area (Å²) in [6, 6.07) is 0.641. The number of rotatable bonds is 4. The molecule has 1 saturated heterocycles. The molecule has 0 bridgehead atoms. The average Bonchev–Trinajstić information content (AvgIpc) is 3.01. The molecule has 126 valence electrons. The third-order valence-corrected chi connectivity index (χ3v) is 6.24. The summed E-state index contributed by atoms with van der Waals surface area (Å²) in [7, 11) is 0. The van der Waals surface area contributed by atoms with Gasteiger partial charge in [0.25, 0.3) is 5.91 Å². The predicted octanol–water partition coefficient (Wildman–Crippen LogP) is 2.54. The molecule has 3 fully saturated rings. The van der Waals surface area contributed by atoms with E-state index in [0.29, 0.717) is 23.8 Å². The first-order valence-corrected chi connectivity index (χ1v) is 9.22. The number of nitrogens with two attached hydrogens (primary N) is 1. The van der Waals surface area contributed by atoms with Crippen LogP contribution in [0.15, 0.2) is 6.20 Å². The Bertz CT molecular complexity index is 606. The lowest BCUT2D eigenvalue weighted by atomic mass is 9.98. The van der Waals surface area contributed by atoms with Crippen LogP contribution in [0.5, 0.6) is 0 Å². The number of aromatic nitrogens is 2. The molecule has 3 aliphatic rings. The predicted molar refractivity (Wildman–Crippen MR) is 89.3 cm³/mol. The van der Waals surface area contributed by atoms with Crippen LogP contribution in [0.25, 0.3) is 0 Å². The summed E-state index contributed by atoms with van der Waals surface area (Å²) in [6.45, 7) is 6.08. The molecule has 0 spiro atoms. The van der Waals surface area contributed by atoms with E-state index >= 15 is 0 Å². The molecule has 1 aliphatic heterocycles. The van der Waals surface area contributed by atoms with Gasteiger partial charge in [0.1, 0.15) is 0 Å². The second-order valence-electron chi connectivity index (χ2n) is 7.79. The fourth-order valence-electron chi connectivity index (χ4n) is 4.47. The molecule has 2 saturated carbocycles. The highest BCUT2D eigenvalue weighted by molar-refractivity contribution is 5.95. The summed E-state index contributed by atoms with van der Waals surface area (Å²) in [5.74, 6) is 1.84. The maximum atomic E-state index is 13.1. The van der Waals surface area contributed by atoms with Crippen molar-refractivity contribution in [3.05, 3.63) is 17.5 Å². The van der Waals surface area contributed by atoms with Gasteiger partial charge in [0.05, 0.1) is 17.5 Å². The largest absolute Gasteiger partial charge is 0.338 e. The molecule has 1 amide bonds. The SMILES string of the molecule is CCC(C)n1ncc(C(=O)N2CC3CCC(N)C3C2)c1C1CC1. The van der Waals surface area contributed by atoms with E-state index < -0.39 is 0 Å². The normalized spacial score (nSPS) is 31.4. The topological polar surface area (TPSA) is 64.2 Å². The summed E-state index contributed by atoms with van der Waals surface area (Å²) in [5.41, 5.74) is 8.25. The molecule has 2 aliphatic carbocycles. The monoisotopic (exact) mass is 316 g/mol. The molecule has 0 aromatic carbocycles. The van der Waals surface area contributed by atoms with E-state index in [4.69, 9.17) is 5.73 Å². The summed E-state index contributed by atoms with van der Waals surface area (Å²) in [4.78, 5) is 15.1. The first kappa shape index (κ1) is 15.2. The van der Waals surface area contributed by atoms with Crippen molar-refractivity contribution in [1.82, 2.24) is 14.7 Å². The van der Waals surface area contributed by atoms with Gasteiger partial charge >= 0.3 is 0 Å². The molecule has 0 radical (unpaired) electrons. The van der Waals surface area contributed by atoms with Gasteiger partial charge in [-0.05, 0) is 50.9 Å². The van der Waals surface area contributed by atoms with Crippen LogP contribution in [0.2, 0.25) is 0 Å². The number of carbonyl (C=O) groups excluding carboxylic acids is 1. The van der Waals surface area contributed by atoms with Crippen molar-refractivity contribution in [3.8, 4) is 0 Å². The number of hydrogen-bond donors (Lipinski definition) is 1. The summed E-state index contributed by atoms with van der Waals surface area (Å²) < 4.78 is 2.10. The lowest BCUT2D eigenvalue weighted by Gasteiger charge is -2.20. The van der Waals surface area contributed by atoms with Gasteiger partial charge < -0.3 is 10.6 Å². The Balaban J connectivity index is 1.58. The zero-order valence-corrected chi connectivity index (χ0v) is 14.2. The standard InChI is InChI=1S/C18H28N4O/c1-3-11(2)22-17(12-4-5-12)14(8-20-22)18(23)21-9-13-6-7-16(19)15(13)10-21/h8,11-13,15-16H,3-7,9-10,19H2,1-2H3. The molecule has 1 aromatic rings. The maximum absolute atomic E-state index is 13.1. The minimum Gasteiger partial charge on any atom is -0.338 e. The van der Waals surface area contributed by atoms with Crippen molar-refractivity contribution in [3.63, 3.8) is 0 Å². The van der Waals surface area contributed by atoms with Gasteiger partial charge in [-0.3, -0.25) is 9.48 Å². The summed E-state index contributed by atoms with van der Waals surface area (Å²) in [5, 5.41) is 4.57. The van der Waals surface area contributed by atoms with E-state index in [-0.39, 0.29) is 11.9 Å². The molecule has 4 unspecified atom stereocenters. The van der Waals surface area contributed by atoms with Gasteiger partial charge in [-0.2, -0.15) is 5.10 Å². The van der Waals surface area contributed by atoms with Crippen LogP contribution in [0.4, 0.5) is 0 Å². The third-order valence-electron chi connectivity index (χ3n) is 6.24. The first-order chi connectivity index (χ1) is 11.1. The smallest absolute Gasteiger partial charge is 0.257 e. The Hall–Kier alpha value is -1.36. The lowest BCUT2D eigenvalue weighted by molar-refractivity contribution is 0.0778. The van der Waals surface area contributed by atoms with Gasteiger partial charge in [-0.1, -0.05) is 6.92 Å². The highest BCUT2D eigenvalue weighted by Crippen LogP contribution is 2.44. The van der Waals surface area contributed by atoms with Crippen LogP contribution < -0.4 is 5.73 Å². The van der Waals surface area contributed by atoms with E-state index in [9.17, 15) is 4.79 Å². The fourth-order valence-corrected chi connectivity index (χ4v) is 4.47. The van der Waals surface area contributed by atoms with Crippen molar-refractivity contribution in [2.24, 2.45) is 17.6 Å². The average molecular weight is 316 g/mol. The molecular formula is C18H28N4O. The number of carbonyl (C=O) groups is 1. The second kappa shape index (κ2) is 5.62. The van der Waals surface area contributed by atoms with Gasteiger partial charge in [0.2, 0.25) is 0 Å². The Labute approximate surface area is 138 Å². The van der Waals surface area contributed by atoms with Crippen molar-refractivity contribution < 1.29 is 4.79 Å². The number of likely N-dealkylation sites (tertiary alicyclic amines) is 1.